The number of benzene rings is 1. The minimum absolute atomic E-state index is 0.636. The zero-order chi connectivity index (χ0) is 13.7. The maximum Gasteiger partial charge on any atom is 0.119 e. The van der Waals surface area contributed by atoms with Crippen LogP contribution in [-0.4, -0.2) is 38.2 Å². The van der Waals surface area contributed by atoms with Gasteiger partial charge >= 0.3 is 0 Å². The minimum atomic E-state index is 0.636. The molecule has 106 valence electrons. The fourth-order valence-corrected chi connectivity index (χ4v) is 2.82. The summed E-state index contributed by atoms with van der Waals surface area (Å²) in [5, 5.41) is 4.27. The van der Waals surface area contributed by atoms with Crippen LogP contribution >= 0.6 is 11.6 Å². The Bertz CT molecular complexity index is 403. The molecule has 0 bridgehead atoms. The van der Waals surface area contributed by atoms with E-state index < -0.39 is 0 Å². The maximum absolute atomic E-state index is 6.27. The highest BCUT2D eigenvalue weighted by atomic mass is 35.5. The van der Waals surface area contributed by atoms with Crippen LogP contribution in [0.3, 0.4) is 0 Å². The van der Waals surface area contributed by atoms with Gasteiger partial charge in [0.15, 0.2) is 0 Å². The van der Waals surface area contributed by atoms with Gasteiger partial charge in [-0.2, -0.15) is 0 Å². The van der Waals surface area contributed by atoms with Crippen molar-refractivity contribution in [2.24, 2.45) is 0 Å². The first kappa shape index (κ1) is 14.6. The molecule has 1 aliphatic rings. The first-order valence-electron chi connectivity index (χ1n) is 6.94. The molecule has 1 aromatic carbocycles. The molecule has 1 saturated heterocycles. The summed E-state index contributed by atoms with van der Waals surface area (Å²) in [6, 6.07) is 6.49. The van der Waals surface area contributed by atoms with E-state index in [2.05, 4.69) is 17.3 Å². The molecule has 0 aromatic heterocycles. The molecule has 1 unspecified atom stereocenters. The molecule has 4 heteroatoms. The molecule has 0 saturated carbocycles. The number of hydrogen-bond acceptors (Lipinski definition) is 3. The molecule has 0 amide bonds. The van der Waals surface area contributed by atoms with Gasteiger partial charge in [0.1, 0.15) is 5.75 Å². The van der Waals surface area contributed by atoms with Crippen molar-refractivity contribution in [3.05, 3.63) is 28.8 Å². The molecule has 0 radical (unpaired) electrons. The lowest BCUT2D eigenvalue weighted by molar-refractivity contribution is 0.216. The Morgan fingerprint density at radius 1 is 1.37 bits per heavy atom. The number of methoxy groups -OCH3 is 1. The monoisotopic (exact) mass is 282 g/mol. The number of nitrogens with one attached hydrogen (secondary N) is 1. The highest BCUT2D eigenvalue weighted by Crippen LogP contribution is 2.24. The second-order valence-corrected chi connectivity index (χ2v) is 5.61. The number of nitrogens with zero attached hydrogens (tertiary/aromatic N) is 1. The second-order valence-electron chi connectivity index (χ2n) is 5.21. The number of ether oxygens (including phenoxy) is 1. The summed E-state index contributed by atoms with van der Waals surface area (Å²) in [5.41, 5.74) is 1.14. The second kappa shape index (κ2) is 7.13. The summed E-state index contributed by atoms with van der Waals surface area (Å²) in [5.74, 6) is 0.871. The van der Waals surface area contributed by atoms with Gasteiger partial charge in [-0.15, -0.1) is 0 Å². The number of halogens is 1. The van der Waals surface area contributed by atoms with Gasteiger partial charge in [0.2, 0.25) is 0 Å². The van der Waals surface area contributed by atoms with E-state index in [1.165, 1.54) is 19.3 Å². The Balaban J connectivity index is 2.02. The van der Waals surface area contributed by atoms with E-state index in [0.29, 0.717) is 6.04 Å². The fraction of sp³-hybridized carbons (Fsp3) is 0.600. The van der Waals surface area contributed by atoms with Crippen LogP contribution in [0.2, 0.25) is 5.02 Å². The van der Waals surface area contributed by atoms with Gasteiger partial charge < -0.3 is 10.1 Å². The van der Waals surface area contributed by atoms with E-state index in [1.807, 2.05) is 18.2 Å². The third-order valence-electron chi connectivity index (χ3n) is 3.84. The van der Waals surface area contributed by atoms with Crippen LogP contribution in [-0.2, 0) is 6.54 Å². The van der Waals surface area contributed by atoms with Gasteiger partial charge in [-0.05, 0) is 63.2 Å². The van der Waals surface area contributed by atoms with Gasteiger partial charge in [-0.3, -0.25) is 4.90 Å². The van der Waals surface area contributed by atoms with Crippen molar-refractivity contribution in [3.63, 3.8) is 0 Å². The van der Waals surface area contributed by atoms with Gasteiger partial charge in [0, 0.05) is 17.6 Å². The molecule has 1 atom stereocenters. The molecule has 1 fully saturated rings. The smallest absolute Gasteiger partial charge is 0.119 e. The standard InChI is InChI=1S/C15H23ClN2O/c1-18(13-4-3-8-17-9-7-13)11-12-10-14(19-2)5-6-15(12)16/h5-6,10,13,17H,3-4,7-9,11H2,1-2H3. The van der Waals surface area contributed by atoms with Crippen molar-refractivity contribution >= 4 is 11.6 Å². The van der Waals surface area contributed by atoms with Crippen LogP contribution < -0.4 is 10.1 Å². The van der Waals surface area contributed by atoms with Crippen LogP contribution in [0.1, 0.15) is 24.8 Å². The summed E-state index contributed by atoms with van der Waals surface area (Å²) < 4.78 is 5.27. The zero-order valence-electron chi connectivity index (χ0n) is 11.8. The van der Waals surface area contributed by atoms with Crippen molar-refractivity contribution in [1.29, 1.82) is 0 Å². The van der Waals surface area contributed by atoms with E-state index in [-0.39, 0.29) is 0 Å². The Morgan fingerprint density at radius 2 is 2.21 bits per heavy atom. The molecular formula is C15H23ClN2O. The molecule has 2 rings (SSSR count). The van der Waals surface area contributed by atoms with Crippen LogP contribution in [0.4, 0.5) is 0 Å². The Kier molecular flexibility index (Phi) is 5.49. The highest BCUT2D eigenvalue weighted by molar-refractivity contribution is 6.31. The summed E-state index contributed by atoms with van der Waals surface area (Å²) in [4.78, 5) is 2.41. The van der Waals surface area contributed by atoms with Crippen molar-refractivity contribution in [1.82, 2.24) is 10.2 Å². The topological polar surface area (TPSA) is 24.5 Å². The summed E-state index contributed by atoms with van der Waals surface area (Å²) >= 11 is 6.27. The van der Waals surface area contributed by atoms with Crippen LogP contribution in [0.5, 0.6) is 5.75 Å². The minimum Gasteiger partial charge on any atom is -0.497 e. The quantitative estimate of drug-likeness (QED) is 0.919. The Labute approximate surface area is 120 Å². The predicted molar refractivity (Wildman–Crippen MR) is 80.0 cm³/mol. The molecular weight excluding hydrogens is 260 g/mol. The van der Waals surface area contributed by atoms with Crippen LogP contribution in [0.25, 0.3) is 0 Å². The first-order valence-corrected chi connectivity index (χ1v) is 7.32. The van der Waals surface area contributed by atoms with Crippen molar-refractivity contribution in [2.75, 3.05) is 27.2 Å². The van der Waals surface area contributed by atoms with Crippen molar-refractivity contribution < 1.29 is 4.74 Å². The molecule has 1 N–H and O–H groups in total. The first-order chi connectivity index (χ1) is 9.20. The maximum atomic E-state index is 6.27. The lowest BCUT2D eigenvalue weighted by atomic mass is 10.1. The van der Waals surface area contributed by atoms with Gasteiger partial charge in [0.25, 0.3) is 0 Å². The summed E-state index contributed by atoms with van der Waals surface area (Å²) in [7, 11) is 3.87. The third-order valence-corrected chi connectivity index (χ3v) is 4.21. The van der Waals surface area contributed by atoms with Gasteiger partial charge in [0.05, 0.1) is 7.11 Å². The van der Waals surface area contributed by atoms with Gasteiger partial charge in [-0.1, -0.05) is 11.6 Å². The number of hydrogen-bond donors (Lipinski definition) is 1. The Morgan fingerprint density at radius 3 is 3.00 bits per heavy atom. The molecule has 0 spiro atoms. The lowest BCUT2D eigenvalue weighted by Gasteiger charge is -2.27. The average molecular weight is 283 g/mol. The summed E-state index contributed by atoms with van der Waals surface area (Å²) in [6.45, 7) is 3.13. The molecule has 19 heavy (non-hydrogen) atoms. The van der Waals surface area contributed by atoms with Crippen molar-refractivity contribution in [2.45, 2.75) is 31.8 Å². The zero-order valence-corrected chi connectivity index (χ0v) is 12.5. The largest absolute Gasteiger partial charge is 0.497 e. The van der Waals surface area contributed by atoms with Crippen LogP contribution in [0, 0.1) is 0 Å². The molecule has 0 aliphatic carbocycles. The van der Waals surface area contributed by atoms with Crippen molar-refractivity contribution in [3.8, 4) is 5.75 Å². The molecule has 1 aliphatic heterocycles. The predicted octanol–water partition coefficient (Wildman–Crippen LogP) is 2.92. The SMILES string of the molecule is COc1ccc(Cl)c(CN(C)C2CCCNCC2)c1. The lowest BCUT2D eigenvalue weighted by Crippen LogP contribution is -2.32. The molecule has 1 aromatic rings. The summed E-state index contributed by atoms with van der Waals surface area (Å²) in [6.07, 6.45) is 3.71. The fourth-order valence-electron chi connectivity index (χ4n) is 2.64. The molecule has 3 nitrogen and oxygen atoms in total. The van der Waals surface area contributed by atoms with E-state index in [0.717, 1.165) is 36.0 Å². The number of rotatable bonds is 4. The van der Waals surface area contributed by atoms with E-state index in [1.54, 1.807) is 7.11 Å². The van der Waals surface area contributed by atoms with Crippen LogP contribution in [0.15, 0.2) is 18.2 Å². The van der Waals surface area contributed by atoms with E-state index in [4.69, 9.17) is 16.3 Å². The third kappa shape index (κ3) is 4.10. The average Bonchev–Trinajstić information content (AvgIpc) is 2.70. The molecule has 1 heterocycles. The van der Waals surface area contributed by atoms with E-state index >= 15 is 0 Å². The van der Waals surface area contributed by atoms with E-state index in [9.17, 15) is 0 Å². The Hall–Kier alpha value is -0.770. The normalized spacial score (nSPS) is 20.3. The highest BCUT2D eigenvalue weighted by Gasteiger charge is 2.17. The van der Waals surface area contributed by atoms with Gasteiger partial charge in [-0.25, -0.2) is 0 Å².